The second-order valence-corrected chi connectivity index (χ2v) is 5.32. The van der Waals surface area contributed by atoms with Crippen LogP contribution < -0.4 is 5.32 Å². The minimum Gasteiger partial charge on any atom is -0.465 e. The van der Waals surface area contributed by atoms with E-state index in [9.17, 15) is 4.79 Å². The molecule has 1 unspecified atom stereocenters. The molecule has 1 N–H and O–H groups in total. The predicted molar refractivity (Wildman–Crippen MR) is 69.3 cm³/mol. The van der Waals surface area contributed by atoms with Gasteiger partial charge in [-0.05, 0) is 31.4 Å². The minimum absolute atomic E-state index is 0.196. The van der Waals surface area contributed by atoms with Gasteiger partial charge in [-0.25, -0.2) is 4.98 Å². The van der Waals surface area contributed by atoms with Gasteiger partial charge in [0.25, 0.3) is 0 Å². The highest BCUT2D eigenvalue weighted by Crippen LogP contribution is 2.19. The Balaban J connectivity index is 2.41. The van der Waals surface area contributed by atoms with Crippen molar-refractivity contribution in [1.82, 2.24) is 14.7 Å². The average Bonchev–Trinajstić information content (AvgIpc) is 2.82. The Morgan fingerprint density at radius 1 is 1.65 bits per heavy atom. The van der Waals surface area contributed by atoms with Gasteiger partial charge in [-0.2, -0.15) is 4.37 Å². The number of hydrogen-bond acceptors (Lipinski definition) is 7. The average molecular weight is 275 g/mol. The zero-order chi connectivity index (χ0) is 12.5. The van der Waals surface area contributed by atoms with Crippen LogP contribution in [0.1, 0.15) is 20.3 Å². The highest BCUT2D eigenvalue weighted by atomic mass is 32.2. The SMILES string of the molecule is CCCNC(CSc1ncns1)C(=O)OCC. The Hall–Kier alpha value is -0.660. The molecule has 96 valence electrons. The van der Waals surface area contributed by atoms with Crippen LogP contribution in [0.3, 0.4) is 0 Å². The molecule has 1 aromatic rings. The number of aromatic nitrogens is 2. The summed E-state index contributed by atoms with van der Waals surface area (Å²) in [5.74, 6) is 0.423. The van der Waals surface area contributed by atoms with Gasteiger partial charge in [-0.3, -0.25) is 4.79 Å². The largest absolute Gasteiger partial charge is 0.465 e. The molecular weight excluding hydrogens is 258 g/mol. The number of esters is 1. The van der Waals surface area contributed by atoms with Crippen LogP contribution >= 0.6 is 23.3 Å². The molecule has 0 bridgehead atoms. The third-order valence-corrected chi connectivity index (χ3v) is 3.82. The number of nitrogens with one attached hydrogen (secondary N) is 1. The van der Waals surface area contributed by atoms with Gasteiger partial charge >= 0.3 is 5.97 Å². The van der Waals surface area contributed by atoms with E-state index in [1.54, 1.807) is 0 Å². The van der Waals surface area contributed by atoms with Gasteiger partial charge in [-0.1, -0.05) is 18.7 Å². The van der Waals surface area contributed by atoms with Crippen molar-refractivity contribution >= 4 is 29.3 Å². The van der Waals surface area contributed by atoms with Crippen LogP contribution in [0.25, 0.3) is 0 Å². The summed E-state index contributed by atoms with van der Waals surface area (Å²) in [6, 6.07) is -0.274. The maximum Gasteiger partial charge on any atom is 0.323 e. The van der Waals surface area contributed by atoms with Gasteiger partial charge < -0.3 is 10.1 Å². The van der Waals surface area contributed by atoms with Crippen molar-refractivity contribution in [2.75, 3.05) is 18.9 Å². The molecule has 0 amide bonds. The van der Waals surface area contributed by atoms with Crippen LogP contribution in [0, 0.1) is 0 Å². The molecular formula is C10H17N3O2S2. The Morgan fingerprint density at radius 3 is 3.06 bits per heavy atom. The summed E-state index contributed by atoms with van der Waals surface area (Å²) in [4.78, 5) is 15.7. The summed E-state index contributed by atoms with van der Waals surface area (Å²) >= 11 is 2.86. The molecule has 0 spiro atoms. The van der Waals surface area contributed by atoms with Gasteiger partial charge in [0, 0.05) is 5.75 Å². The van der Waals surface area contributed by atoms with Crippen molar-refractivity contribution < 1.29 is 9.53 Å². The Morgan fingerprint density at radius 2 is 2.47 bits per heavy atom. The molecule has 1 heterocycles. The molecule has 0 saturated carbocycles. The molecule has 17 heavy (non-hydrogen) atoms. The molecule has 5 nitrogen and oxygen atoms in total. The Labute approximate surface area is 110 Å². The first-order chi connectivity index (χ1) is 8.27. The third-order valence-electron chi connectivity index (χ3n) is 1.93. The number of hydrogen-bond donors (Lipinski definition) is 1. The molecule has 0 aliphatic carbocycles. The van der Waals surface area contributed by atoms with E-state index in [4.69, 9.17) is 4.74 Å². The number of carbonyl (C=O) groups excluding carboxylic acids is 1. The quantitative estimate of drug-likeness (QED) is 0.574. The van der Waals surface area contributed by atoms with Gasteiger partial charge in [-0.15, -0.1) is 0 Å². The first-order valence-electron chi connectivity index (χ1n) is 5.57. The van der Waals surface area contributed by atoms with Crippen LogP contribution in [0.4, 0.5) is 0 Å². The minimum atomic E-state index is -0.274. The second-order valence-electron chi connectivity index (χ2n) is 3.28. The van der Waals surface area contributed by atoms with Crippen molar-refractivity contribution in [3.8, 4) is 0 Å². The van der Waals surface area contributed by atoms with Crippen molar-refractivity contribution in [1.29, 1.82) is 0 Å². The van der Waals surface area contributed by atoms with Gasteiger partial charge in [0.1, 0.15) is 12.4 Å². The fourth-order valence-electron chi connectivity index (χ4n) is 1.15. The molecule has 0 fully saturated rings. The summed E-state index contributed by atoms with van der Waals surface area (Å²) in [7, 11) is 0. The van der Waals surface area contributed by atoms with E-state index in [0.717, 1.165) is 17.3 Å². The number of ether oxygens (including phenoxy) is 1. The molecule has 0 saturated heterocycles. The Bertz CT molecular complexity index is 319. The van der Waals surface area contributed by atoms with Gasteiger partial charge in [0.2, 0.25) is 0 Å². The van der Waals surface area contributed by atoms with Gasteiger partial charge in [0.05, 0.1) is 6.61 Å². The molecule has 0 aliphatic heterocycles. The zero-order valence-corrected chi connectivity index (χ0v) is 11.6. The summed E-state index contributed by atoms with van der Waals surface area (Å²) in [6.07, 6.45) is 2.51. The van der Waals surface area contributed by atoms with Crippen LogP contribution in [-0.2, 0) is 9.53 Å². The summed E-state index contributed by atoms with van der Waals surface area (Å²) < 4.78 is 9.81. The first kappa shape index (κ1) is 14.4. The lowest BCUT2D eigenvalue weighted by Gasteiger charge is -2.15. The second kappa shape index (κ2) is 8.43. The van der Waals surface area contributed by atoms with E-state index < -0.39 is 0 Å². The monoisotopic (exact) mass is 275 g/mol. The van der Waals surface area contributed by atoms with E-state index >= 15 is 0 Å². The van der Waals surface area contributed by atoms with E-state index in [2.05, 4.69) is 21.6 Å². The lowest BCUT2D eigenvalue weighted by Crippen LogP contribution is -2.40. The number of thioether (sulfide) groups is 1. The summed E-state index contributed by atoms with van der Waals surface area (Å²) in [5.41, 5.74) is 0. The predicted octanol–water partition coefficient (Wildman–Crippen LogP) is 1.56. The lowest BCUT2D eigenvalue weighted by molar-refractivity contribution is -0.144. The van der Waals surface area contributed by atoms with E-state index in [-0.39, 0.29) is 12.0 Å². The molecule has 0 radical (unpaired) electrons. The highest BCUT2D eigenvalue weighted by Gasteiger charge is 2.19. The summed E-state index contributed by atoms with van der Waals surface area (Å²) in [6.45, 7) is 5.09. The van der Waals surface area contributed by atoms with Crippen molar-refractivity contribution in [2.24, 2.45) is 0 Å². The maximum atomic E-state index is 11.7. The van der Waals surface area contributed by atoms with Crippen molar-refractivity contribution in [3.63, 3.8) is 0 Å². The fraction of sp³-hybridized carbons (Fsp3) is 0.700. The normalized spacial score (nSPS) is 12.4. The van der Waals surface area contributed by atoms with E-state index in [0.29, 0.717) is 12.4 Å². The lowest BCUT2D eigenvalue weighted by atomic mass is 10.3. The first-order valence-corrected chi connectivity index (χ1v) is 7.33. The zero-order valence-electron chi connectivity index (χ0n) is 10.0. The maximum absolute atomic E-state index is 11.7. The van der Waals surface area contributed by atoms with Crippen LogP contribution in [-0.4, -0.2) is 40.3 Å². The molecule has 7 heteroatoms. The number of rotatable bonds is 8. The topological polar surface area (TPSA) is 64.1 Å². The van der Waals surface area contributed by atoms with E-state index in [1.165, 1.54) is 29.6 Å². The highest BCUT2D eigenvalue weighted by molar-refractivity contribution is 8.01. The van der Waals surface area contributed by atoms with Crippen LogP contribution in [0.2, 0.25) is 0 Å². The smallest absolute Gasteiger partial charge is 0.323 e. The third kappa shape index (κ3) is 5.47. The molecule has 0 aliphatic rings. The number of carbonyl (C=O) groups is 1. The van der Waals surface area contributed by atoms with Crippen molar-refractivity contribution in [2.45, 2.75) is 30.6 Å². The summed E-state index contributed by atoms with van der Waals surface area (Å²) in [5, 5.41) is 3.18. The molecule has 1 rings (SSSR count). The van der Waals surface area contributed by atoms with Crippen LogP contribution in [0.5, 0.6) is 0 Å². The fourth-order valence-corrected chi connectivity index (χ4v) is 2.66. The number of nitrogens with zero attached hydrogens (tertiary/aromatic N) is 2. The standard InChI is InChI=1S/C10H17N3O2S2/c1-3-5-11-8(9(14)15-4-2)6-16-10-12-7-13-17-10/h7-8,11H,3-6H2,1-2H3. The van der Waals surface area contributed by atoms with Crippen molar-refractivity contribution in [3.05, 3.63) is 6.33 Å². The van der Waals surface area contributed by atoms with E-state index in [1.807, 2.05) is 6.92 Å². The molecule has 1 aromatic heterocycles. The molecule has 1 atom stereocenters. The molecule has 0 aromatic carbocycles. The van der Waals surface area contributed by atoms with Gasteiger partial charge in [0.15, 0.2) is 4.34 Å². The Kier molecular flexibility index (Phi) is 7.14. The van der Waals surface area contributed by atoms with Crippen LogP contribution in [0.15, 0.2) is 10.7 Å².